The van der Waals surface area contributed by atoms with Crippen molar-refractivity contribution in [3.05, 3.63) is 108 Å². The van der Waals surface area contributed by atoms with Gasteiger partial charge in [0.25, 0.3) is 0 Å². The molecule has 0 spiro atoms. The molecule has 28 heavy (non-hydrogen) atoms. The van der Waals surface area contributed by atoms with Crippen LogP contribution >= 0.6 is 0 Å². The summed E-state index contributed by atoms with van der Waals surface area (Å²) in [6.45, 7) is 0. The van der Waals surface area contributed by atoms with Crippen LogP contribution in [-0.2, 0) is 0 Å². The quantitative estimate of drug-likeness (QED) is 0.352. The molecule has 0 radical (unpaired) electrons. The number of rotatable bonds is 5. The first-order chi connectivity index (χ1) is 13.8. The van der Waals surface area contributed by atoms with E-state index in [-0.39, 0.29) is 0 Å². The van der Waals surface area contributed by atoms with Crippen LogP contribution in [0.1, 0.15) is 11.1 Å². The molecular weight excluding hydrogens is 344 g/mol. The summed E-state index contributed by atoms with van der Waals surface area (Å²) in [5.41, 5.74) is 4.20. The van der Waals surface area contributed by atoms with Gasteiger partial charge in [0.05, 0.1) is 30.4 Å². The molecule has 3 aromatic carbocycles. The van der Waals surface area contributed by atoms with Gasteiger partial charge in [0.15, 0.2) is 0 Å². The summed E-state index contributed by atoms with van der Waals surface area (Å²) in [4.78, 5) is 0. The molecule has 0 bridgehead atoms. The molecular formula is C26H21O2+. The second-order valence-electron chi connectivity index (χ2n) is 6.43. The number of ether oxygens (including phenoxy) is 1. The molecule has 0 aliphatic heterocycles. The van der Waals surface area contributed by atoms with Gasteiger partial charge in [-0.1, -0.05) is 66.7 Å². The normalized spacial score (nSPS) is 10.9. The van der Waals surface area contributed by atoms with E-state index in [1.165, 1.54) is 0 Å². The molecule has 0 aliphatic rings. The highest BCUT2D eigenvalue weighted by molar-refractivity contribution is 5.76. The van der Waals surface area contributed by atoms with Gasteiger partial charge >= 0.3 is 11.5 Å². The average Bonchev–Trinajstić information content (AvgIpc) is 2.79. The monoisotopic (exact) mass is 365 g/mol. The van der Waals surface area contributed by atoms with Gasteiger partial charge in [0, 0.05) is 5.56 Å². The van der Waals surface area contributed by atoms with Gasteiger partial charge in [-0.25, -0.2) is 4.42 Å². The van der Waals surface area contributed by atoms with Crippen molar-refractivity contribution in [1.82, 2.24) is 0 Å². The van der Waals surface area contributed by atoms with E-state index >= 15 is 0 Å². The molecule has 1 heterocycles. The van der Waals surface area contributed by atoms with E-state index in [2.05, 4.69) is 48.6 Å². The van der Waals surface area contributed by atoms with Crippen LogP contribution in [0.15, 0.2) is 101 Å². The molecule has 2 nitrogen and oxygen atoms in total. The molecule has 0 fully saturated rings. The van der Waals surface area contributed by atoms with Gasteiger partial charge in [-0.2, -0.15) is 0 Å². The maximum Gasteiger partial charge on any atom is 0.361 e. The van der Waals surface area contributed by atoms with Crippen LogP contribution in [0.4, 0.5) is 0 Å². The first-order valence-electron chi connectivity index (χ1n) is 9.23. The third-order valence-electron chi connectivity index (χ3n) is 4.53. The topological polar surface area (TPSA) is 20.5 Å². The first-order valence-corrected chi connectivity index (χ1v) is 9.23. The van der Waals surface area contributed by atoms with Crippen molar-refractivity contribution in [3.63, 3.8) is 0 Å². The molecule has 0 atom stereocenters. The minimum atomic E-state index is 0.835. The Balaban J connectivity index is 1.79. The summed E-state index contributed by atoms with van der Waals surface area (Å²) in [6.07, 6.45) is 4.16. The number of benzene rings is 3. The van der Waals surface area contributed by atoms with Gasteiger partial charge in [0.2, 0.25) is 0 Å². The van der Waals surface area contributed by atoms with Gasteiger partial charge in [-0.05, 0) is 35.9 Å². The lowest BCUT2D eigenvalue weighted by molar-refractivity contribution is 0.414. The van der Waals surface area contributed by atoms with Gasteiger partial charge < -0.3 is 4.74 Å². The second kappa shape index (κ2) is 8.36. The Bertz CT molecular complexity index is 1030. The Morgan fingerprint density at radius 1 is 0.643 bits per heavy atom. The summed E-state index contributed by atoms with van der Waals surface area (Å²) >= 11 is 0. The van der Waals surface area contributed by atoms with E-state index in [1.54, 1.807) is 7.11 Å². The third-order valence-corrected chi connectivity index (χ3v) is 4.53. The minimum absolute atomic E-state index is 0.835. The molecule has 0 saturated carbocycles. The van der Waals surface area contributed by atoms with Crippen LogP contribution in [0.5, 0.6) is 5.75 Å². The van der Waals surface area contributed by atoms with Crippen LogP contribution in [0, 0.1) is 0 Å². The molecule has 0 amide bonds. The predicted molar refractivity (Wildman–Crippen MR) is 116 cm³/mol. The fourth-order valence-electron chi connectivity index (χ4n) is 3.10. The van der Waals surface area contributed by atoms with Crippen LogP contribution in [0.2, 0.25) is 0 Å². The Morgan fingerprint density at radius 3 is 1.75 bits per heavy atom. The third kappa shape index (κ3) is 4.02. The molecule has 0 unspecified atom stereocenters. The van der Waals surface area contributed by atoms with E-state index < -0.39 is 0 Å². The fourth-order valence-corrected chi connectivity index (χ4v) is 3.10. The summed E-state index contributed by atoms with van der Waals surface area (Å²) < 4.78 is 11.7. The van der Waals surface area contributed by atoms with Gasteiger partial charge in [0.1, 0.15) is 5.75 Å². The lowest BCUT2D eigenvalue weighted by Gasteiger charge is -2.03. The average molecular weight is 365 g/mol. The second-order valence-corrected chi connectivity index (χ2v) is 6.43. The van der Waals surface area contributed by atoms with Crippen LogP contribution in [-0.4, -0.2) is 7.11 Å². The zero-order valence-electron chi connectivity index (χ0n) is 15.7. The minimum Gasteiger partial charge on any atom is -0.496 e. The maximum absolute atomic E-state index is 6.23. The Morgan fingerprint density at radius 2 is 1.18 bits per heavy atom. The Labute approximate surface area is 165 Å². The summed E-state index contributed by atoms with van der Waals surface area (Å²) in [7, 11) is 1.69. The largest absolute Gasteiger partial charge is 0.496 e. The van der Waals surface area contributed by atoms with Crippen molar-refractivity contribution in [2.75, 3.05) is 7.11 Å². The predicted octanol–water partition coefficient (Wildman–Crippen LogP) is 7.07. The van der Waals surface area contributed by atoms with Crippen molar-refractivity contribution in [2.45, 2.75) is 0 Å². The standard InChI is InChI=1S/C26H21O2/c1-27-24-15-9-8-14-23(24)17-16-20-18-25(21-10-4-2-5-11-21)28-26(19-20)22-12-6-3-7-13-22/h2-19H,1H3/q+1. The number of hydrogen-bond acceptors (Lipinski definition) is 1. The summed E-state index contributed by atoms with van der Waals surface area (Å²) in [5, 5.41) is 0. The summed E-state index contributed by atoms with van der Waals surface area (Å²) in [5.74, 6) is 2.52. The Kier molecular flexibility index (Phi) is 5.30. The van der Waals surface area contributed by atoms with Crippen LogP contribution in [0.25, 0.3) is 34.8 Å². The summed E-state index contributed by atoms with van der Waals surface area (Å²) in [6, 6.07) is 32.4. The number of para-hydroxylation sites is 1. The highest BCUT2D eigenvalue weighted by Gasteiger charge is 2.18. The molecule has 0 aliphatic carbocycles. The van der Waals surface area contributed by atoms with Gasteiger partial charge in [-0.15, -0.1) is 0 Å². The highest BCUT2D eigenvalue weighted by atomic mass is 16.5. The first kappa shape index (κ1) is 17.7. The van der Waals surface area contributed by atoms with Crippen molar-refractivity contribution >= 4 is 12.2 Å². The molecule has 0 saturated heterocycles. The molecule has 136 valence electrons. The molecule has 4 rings (SSSR count). The van der Waals surface area contributed by atoms with Crippen molar-refractivity contribution in [2.24, 2.45) is 0 Å². The lowest BCUT2D eigenvalue weighted by atomic mass is 10.1. The van der Waals surface area contributed by atoms with Gasteiger partial charge in [-0.3, -0.25) is 0 Å². The lowest BCUT2D eigenvalue weighted by Crippen LogP contribution is -1.86. The molecule has 4 aromatic rings. The molecule has 1 aromatic heterocycles. The zero-order valence-corrected chi connectivity index (χ0v) is 15.7. The van der Waals surface area contributed by atoms with Crippen molar-refractivity contribution in [1.29, 1.82) is 0 Å². The zero-order chi connectivity index (χ0) is 19.2. The van der Waals surface area contributed by atoms with E-state index in [0.717, 1.165) is 39.5 Å². The van der Waals surface area contributed by atoms with Crippen LogP contribution < -0.4 is 4.74 Å². The van der Waals surface area contributed by atoms with E-state index in [9.17, 15) is 0 Å². The fraction of sp³-hybridized carbons (Fsp3) is 0.0385. The Hall–Kier alpha value is -3.65. The maximum atomic E-state index is 6.23. The van der Waals surface area contributed by atoms with E-state index in [4.69, 9.17) is 9.15 Å². The van der Waals surface area contributed by atoms with Crippen molar-refractivity contribution < 1.29 is 9.15 Å². The SMILES string of the molecule is COc1ccccc1C=Cc1cc(-c2ccccc2)[o+]c(-c2ccccc2)c1. The van der Waals surface area contributed by atoms with E-state index in [1.807, 2.05) is 60.7 Å². The van der Waals surface area contributed by atoms with Crippen LogP contribution in [0.3, 0.4) is 0 Å². The van der Waals surface area contributed by atoms with E-state index in [0.29, 0.717) is 0 Å². The number of methoxy groups -OCH3 is 1. The van der Waals surface area contributed by atoms with Crippen molar-refractivity contribution in [3.8, 4) is 28.4 Å². The number of hydrogen-bond donors (Lipinski definition) is 0. The highest BCUT2D eigenvalue weighted by Crippen LogP contribution is 2.29. The molecule has 2 heteroatoms. The smallest absolute Gasteiger partial charge is 0.361 e. The molecule has 0 N–H and O–H groups in total.